The van der Waals surface area contributed by atoms with Crippen LogP contribution in [0.4, 0.5) is 5.82 Å². The van der Waals surface area contributed by atoms with Crippen molar-refractivity contribution in [3.05, 3.63) is 66.1 Å². The van der Waals surface area contributed by atoms with E-state index in [2.05, 4.69) is 30.8 Å². The van der Waals surface area contributed by atoms with E-state index in [0.717, 1.165) is 54.3 Å². The number of carbonyl (C=O) groups is 2. The highest BCUT2D eigenvalue weighted by atomic mass is 16.2. The van der Waals surface area contributed by atoms with Crippen molar-refractivity contribution in [2.75, 3.05) is 18.8 Å². The number of rotatable bonds is 11. The molecule has 1 aliphatic rings. The second-order valence-electron chi connectivity index (χ2n) is 10.7. The minimum Gasteiger partial charge on any atom is -0.382 e. The van der Waals surface area contributed by atoms with Crippen LogP contribution >= 0.6 is 0 Å². The summed E-state index contributed by atoms with van der Waals surface area (Å²) < 4.78 is 0. The fourth-order valence-corrected chi connectivity index (χ4v) is 5.45. The van der Waals surface area contributed by atoms with Crippen LogP contribution in [0, 0.1) is 11.8 Å². The molecule has 40 heavy (non-hydrogen) atoms. The van der Waals surface area contributed by atoms with E-state index in [0.29, 0.717) is 37.1 Å². The Morgan fingerprint density at radius 1 is 1.07 bits per heavy atom. The first kappa shape index (κ1) is 27.4. The third-order valence-corrected chi connectivity index (χ3v) is 7.93. The molecule has 5 rings (SSSR count). The number of benzene rings is 2. The summed E-state index contributed by atoms with van der Waals surface area (Å²) >= 11 is 0. The third-order valence-electron chi connectivity index (χ3n) is 7.93. The molecular weight excluding hydrogens is 504 g/mol. The second-order valence-corrected chi connectivity index (χ2v) is 10.7. The van der Waals surface area contributed by atoms with Gasteiger partial charge in [-0.1, -0.05) is 36.4 Å². The molecule has 2 amide bonds. The number of H-pyrrole nitrogens is 2. The Labute approximate surface area is 233 Å². The lowest BCUT2D eigenvalue weighted by Crippen LogP contribution is -2.37. The van der Waals surface area contributed by atoms with Crippen LogP contribution in [0.1, 0.15) is 56.0 Å². The van der Waals surface area contributed by atoms with Crippen molar-refractivity contribution < 1.29 is 9.59 Å². The predicted octanol–water partition coefficient (Wildman–Crippen LogP) is 3.60. The first-order chi connectivity index (χ1) is 19.5. The van der Waals surface area contributed by atoms with E-state index in [1.807, 2.05) is 48.5 Å². The molecule has 1 fully saturated rings. The van der Waals surface area contributed by atoms with Crippen molar-refractivity contribution in [1.82, 2.24) is 30.8 Å². The number of nitrogens with one attached hydrogen (secondary N) is 4. The van der Waals surface area contributed by atoms with Gasteiger partial charge in [-0.25, -0.2) is 4.98 Å². The van der Waals surface area contributed by atoms with Gasteiger partial charge in [0, 0.05) is 29.8 Å². The van der Waals surface area contributed by atoms with Crippen LogP contribution in [0.15, 0.2) is 54.7 Å². The summed E-state index contributed by atoms with van der Waals surface area (Å²) in [6.07, 6.45) is 6.82. The van der Waals surface area contributed by atoms with E-state index in [9.17, 15) is 9.59 Å². The molecule has 0 saturated heterocycles. The van der Waals surface area contributed by atoms with E-state index in [-0.39, 0.29) is 24.2 Å². The van der Waals surface area contributed by atoms with Crippen LogP contribution in [0.5, 0.6) is 0 Å². The Kier molecular flexibility index (Phi) is 8.75. The van der Waals surface area contributed by atoms with Crippen LogP contribution in [-0.2, 0) is 16.0 Å². The molecule has 10 nitrogen and oxygen atoms in total. The van der Waals surface area contributed by atoms with Gasteiger partial charge in [-0.2, -0.15) is 5.10 Å². The molecule has 10 heteroatoms. The van der Waals surface area contributed by atoms with Crippen molar-refractivity contribution in [3.63, 3.8) is 0 Å². The Bertz CT molecular complexity index is 1420. The minimum atomic E-state index is -0.417. The molecule has 0 spiro atoms. The van der Waals surface area contributed by atoms with Crippen molar-refractivity contribution in [2.24, 2.45) is 17.6 Å². The number of anilines is 1. The van der Waals surface area contributed by atoms with E-state index in [4.69, 9.17) is 11.5 Å². The summed E-state index contributed by atoms with van der Waals surface area (Å²) in [5.74, 6) is 1.49. The zero-order valence-electron chi connectivity index (χ0n) is 22.7. The summed E-state index contributed by atoms with van der Waals surface area (Å²) in [6.45, 7) is 1.23. The summed E-state index contributed by atoms with van der Waals surface area (Å²) in [6, 6.07) is 15.5. The molecule has 210 valence electrons. The van der Waals surface area contributed by atoms with E-state index >= 15 is 0 Å². The number of nitrogens with two attached hydrogens (primary N) is 2. The highest BCUT2D eigenvalue weighted by Crippen LogP contribution is 2.30. The number of aromatic amines is 2. The van der Waals surface area contributed by atoms with Gasteiger partial charge in [-0.05, 0) is 68.7 Å². The molecule has 0 radical (unpaired) electrons. The Morgan fingerprint density at radius 3 is 2.65 bits per heavy atom. The van der Waals surface area contributed by atoms with Crippen LogP contribution < -0.4 is 22.1 Å². The van der Waals surface area contributed by atoms with Gasteiger partial charge < -0.3 is 27.1 Å². The first-order valence-corrected chi connectivity index (χ1v) is 14.1. The zero-order valence-corrected chi connectivity index (χ0v) is 22.7. The lowest BCUT2D eigenvalue weighted by Gasteiger charge is -2.28. The highest BCUT2D eigenvalue weighted by molar-refractivity contribution is 5.91. The lowest BCUT2D eigenvalue weighted by atomic mass is 9.81. The van der Waals surface area contributed by atoms with Crippen LogP contribution in [0.2, 0.25) is 0 Å². The molecule has 1 saturated carbocycles. The highest BCUT2D eigenvalue weighted by Gasteiger charge is 2.28. The number of hydrogen-bond acceptors (Lipinski definition) is 6. The van der Waals surface area contributed by atoms with Gasteiger partial charge in [0.25, 0.3) is 0 Å². The maximum Gasteiger partial charge on any atom is 0.223 e. The van der Waals surface area contributed by atoms with Crippen molar-refractivity contribution in [1.29, 1.82) is 0 Å². The molecule has 4 aromatic rings. The average Bonchev–Trinajstić information content (AvgIpc) is 3.63. The van der Waals surface area contributed by atoms with Crippen molar-refractivity contribution in [2.45, 2.75) is 51.0 Å². The number of fused-ring (bicyclic) bond motifs is 1. The first-order valence-electron chi connectivity index (χ1n) is 14.1. The minimum absolute atomic E-state index is 0.0114. The maximum atomic E-state index is 13.3. The topological polar surface area (TPSA) is 168 Å². The summed E-state index contributed by atoms with van der Waals surface area (Å²) in [4.78, 5) is 33.9. The van der Waals surface area contributed by atoms with Crippen molar-refractivity contribution >= 4 is 28.5 Å². The summed E-state index contributed by atoms with van der Waals surface area (Å²) in [5, 5.41) is 14.1. The fourth-order valence-electron chi connectivity index (χ4n) is 5.45. The summed E-state index contributed by atoms with van der Waals surface area (Å²) in [7, 11) is 0. The number of imidazole rings is 1. The number of carbonyl (C=O) groups excluding carboxylic acids is 2. The Morgan fingerprint density at radius 2 is 1.88 bits per heavy atom. The lowest BCUT2D eigenvalue weighted by molar-refractivity contribution is -0.127. The third kappa shape index (κ3) is 6.69. The van der Waals surface area contributed by atoms with Gasteiger partial charge in [-0.15, -0.1) is 0 Å². The van der Waals surface area contributed by atoms with Crippen LogP contribution in [0.25, 0.3) is 22.2 Å². The molecule has 0 aliphatic heterocycles. The Hall–Kier alpha value is -4.18. The number of amides is 2. The monoisotopic (exact) mass is 542 g/mol. The molecule has 1 atom stereocenters. The van der Waals surface area contributed by atoms with Gasteiger partial charge in [0.1, 0.15) is 5.82 Å². The molecule has 0 unspecified atom stereocenters. The SMILES string of the molecule is NCC1CCC(C(=O)N[C@@H](CCC(=O)NCCc2ccccc2)c2ncc(-c3ccc4c(N)n[nH]c4c3)[nH]2)CC1. The fraction of sp³-hybridized carbons (Fsp3) is 0.400. The van der Waals surface area contributed by atoms with Gasteiger partial charge >= 0.3 is 0 Å². The molecule has 2 aromatic heterocycles. The normalized spacial score (nSPS) is 17.9. The standard InChI is InChI=1S/C30H38N8O2/c31-17-20-6-8-21(9-7-20)30(40)36-24(12-13-27(39)33-15-14-19-4-2-1-3-5-19)29-34-18-26(35-29)22-10-11-23-25(16-22)37-38-28(23)32/h1-5,10-11,16,18,20-21,24H,6-9,12-15,17,31H2,(H,33,39)(H,34,35)(H,36,40)(H3,32,37,38)/t20?,21?,24-/m0/s1. The van der Waals surface area contributed by atoms with Crippen LogP contribution in [-0.4, -0.2) is 45.1 Å². The predicted molar refractivity (Wildman–Crippen MR) is 156 cm³/mol. The smallest absolute Gasteiger partial charge is 0.223 e. The maximum absolute atomic E-state index is 13.3. The van der Waals surface area contributed by atoms with Gasteiger partial charge in [0.15, 0.2) is 5.82 Å². The molecule has 2 heterocycles. The quantitative estimate of drug-likeness (QED) is 0.169. The molecule has 0 bridgehead atoms. The van der Waals surface area contributed by atoms with E-state index in [1.165, 1.54) is 5.56 Å². The van der Waals surface area contributed by atoms with Crippen molar-refractivity contribution in [3.8, 4) is 11.3 Å². The van der Waals surface area contributed by atoms with Crippen LogP contribution in [0.3, 0.4) is 0 Å². The van der Waals surface area contributed by atoms with Gasteiger partial charge in [-0.3, -0.25) is 14.7 Å². The molecule has 2 aromatic carbocycles. The molecular formula is C30H38N8O2. The second kappa shape index (κ2) is 12.8. The zero-order chi connectivity index (χ0) is 27.9. The average molecular weight is 543 g/mol. The Balaban J connectivity index is 1.25. The number of aromatic nitrogens is 4. The molecule has 1 aliphatic carbocycles. The largest absolute Gasteiger partial charge is 0.382 e. The van der Waals surface area contributed by atoms with E-state index in [1.54, 1.807) is 6.20 Å². The van der Waals surface area contributed by atoms with Gasteiger partial charge in [0.05, 0.1) is 23.4 Å². The van der Waals surface area contributed by atoms with E-state index < -0.39 is 6.04 Å². The number of nitrogen functional groups attached to an aromatic ring is 1. The van der Waals surface area contributed by atoms with Gasteiger partial charge in [0.2, 0.25) is 11.8 Å². The number of nitrogens with zero attached hydrogens (tertiary/aromatic N) is 2. The summed E-state index contributed by atoms with van der Waals surface area (Å²) in [5.41, 5.74) is 15.5. The molecule has 8 N–H and O–H groups in total. The number of hydrogen-bond donors (Lipinski definition) is 6.